The van der Waals surface area contributed by atoms with Gasteiger partial charge in [-0.3, -0.25) is 0 Å². The van der Waals surface area contributed by atoms with Crippen LogP contribution in [0.2, 0.25) is 0 Å². The Kier molecular flexibility index (Phi) is 2.84. The third kappa shape index (κ3) is 1.79. The van der Waals surface area contributed by atoms with Gasteiger partial charge in [0, 0.05) is 20.5 Å². The van der Waals surface area contributed by atoms with E-state index in [-0.39, 0.29) is 0 Å². The molecule has 2 heterocycles. The summed E-state index contributed by atoms with van der Waals surface area (Å²) in [7, 11) is 0. The Morgan fingerprint density at radius 2 is 1.15 bits per heavy atom. The van der Waals surface area contributed by atoms with Crippen LogP contribution in [0.25, 0.3) is 20.2 Å². The standard InChI is InChI=1S/C17H12OS2/c18-17(13-9-19-15-7-3-1-5-11(13)15)14-10-20-16-8-4-2-6-12(14)16/h1-10,17-18H. The van der Waals surface area contributed by atoms with Gasteiger partial charge in [-0.2, -0.15) is 0 Å². The van der Waals surface area contributed by atoms with Gasteiger partial charge >= 0.3 is 0 Å². The molecule has 98 valence electrons. The largest absolute Gasteiger partial charge is 0.384 e. The van der Waals surface area contributed by atoms with Gasteiger partial charge in [-0.1, -0.05) is 36.4 Å². The minimum atomic E-state index is -0.553. The normalized spacial score (nSPS) is 11.7. The molecule has 0 bridgehead atoms. The van der Waals surface area contributed by atoms with Crippen LogP contribution >= 0.6 is 22.7 Å². The highest BCUT2D eigenvalue weighted by Crippen LogP contribution is 2.38. The zero-order chi connectivity index (χ0) is 13.5. The van der Waals surface area contributed by atoms with E-state index in [2.05, 4.69) is 35.0 Å². The van der Waals surface area contributed by atoms with Crippen LogP contribution in [-0.4, -0.2) is 5.11 Å². The molecule has 4 rings (SSSR count). The first-order chi connectivity index (χ1) is 9.84. The lowest BCUT2D eigenvalue weighted by Gasteiger charge is -2.09. The Morgan fingerprint density at radius 3 is 1.65 bits per heavy atom. The van der Waals surface area contributed by atoms with Crippen molar-refractivity contribution in [1.82, 2.24) is 0 Å². The Balaban J connectivity index is 1.90. The van der Waals surface area contributed by atoms with E-state index in [1.807, 2.05) is 24.3 Å². The number of fused-ring (bicyclic) bond motifs is 2. The SMILES string of the molecule is OC(c1csc2ccccc12)c1csc2ccccc12. The van der Waals surface area contributed by atoms with Crippen LogP contribution in [0, 0.1) is 0 Å². The molecule has 0 fully saturated rings. The van der Waals surface area contributed by atoms with Gasteiger partial charge in [-0.05, 0) is 33.7 Å². The van der Waals surface area contributed by atoms with E-state index in [0.717, 1.165) is 21.9 Å². The Morgan fingerprint density at radius 1 is 0.700 bits per heavy atom. The quantitative estimate of drug-likeness (QED) is 0.539. The van der Waals surface area contributed by atoms with Crippen LogP contribution in [0.15, 0.2) is 59.3 Å². The zero-order valence-corrected chi connectivity index (χ0v) is 12.2. The summed E-state index contributed by atoms with van der Waals surface area (Å²) in [4.78, 5) is 0. The predicted molar refractivity (Wildman–Crippen MR) is 87.7 cm³/mol. The molecule has 0 amide bonds. The van der Waals surface area contributed by atoms with Crippen molar-refractivity contribution in [3.8, 4) is 0 Å². The lowest BCUT2D eigenvalue weighted by atomic mass is 10.0. The van der Waals surface area contributed by atoms with Crippen molar-refractivity contribution in [1.29, 1.82) is 0 Å². The molecule has 0 aliphatic rings. The number of thiophene rings is 2. The summed E-state index contributed by atoms with van der Waals surface area (Å²) >= 11 is 3.38. The monoisotopic (exact) mass is 296 g/mol. The van der Waals surface area contributed by atoms with Gasteiger partial charge < -0.3 is 5.11 Å². The lowest BCUT2D eigenvalue weighted by molar-refractivity contribution is 0.224. The molecule has 20 heavy (non-hydrogen) atoms. The Bertz CT molecular complexity index is 814. The summed E-state index contributed by atoms with van der Waals surface area (Å²) in [5, 5.41) is 17.2. The van der Waals surface area contributed by atoms with E-state index in [9.17, 15) is 5.11 Å². The van der Waals surface area contributed by atoms with Crippen molar-refractivity contribution in [2.75, 3.05) is 0 Å². The lowest BCUT2D eigenvalue weighted by Crippen LogP contribution is -1.97. The topological polar surface area (TPSA) is 20.2 Å². The molecule has 1 nitrogen and oxygen atoms in total. The minimum absolute atomic E-state index is 0.553. The number of hydrogen-bond acceptors (Lipinski definition) is 3. The third-order valence-corrected chi connectivity index (χ3v) is 5.57. The van der Waals surface area contributed by atoms with E-state index in [0.29, 0.717) is 0 Å². The molecule has 0 spiro atoms. The van der Waals surface area contributed by atoms with Crippen LogP contribution in [-0.2, 0) is 0 Å². The van der Waals surface area contributed by atoms with Crippen LogP contribution in [0.3, 0.4) is 0 Å². The van der Waals surface area contributed by atoms with Crippen molar-refractivity contribution in [3.05, 3.63) is 70.4 Å². The van der Waals surface area contributed by atoms with Crippen LogP contribution in [0.1, 0.15) is 17.2 Å². The van der Waals surface area contributed by atoms with Crippen LogP contribution in [0.5, 0.6) is 0 Å². The average molecular weight is 296 g/mol. The second kappa shape index (κ2) is 4.70. The summed E-state index contributed by atoms with van der Waals surface area (Å²) in [5.74, 6) is 0. The van der Waals surface area contributed by atoms with Crippen molar-refractivity contribution in [2.45, 2.75) is 6.10 Å². The summed E-state index contributed by atoms with van der Waals surface area (Å²) < 4.78 is 2.45. The second-order valence-electron chi connectivity index (χ2n) is 4.78. The molecule has 0 saturated heterocycles. The first-order valence-corrected chi connectivity index (χ1v) is 8.21. The maximum atomic E-state index is 10.8. The van der Waals surface area contributed by atoms with Gasteiger partial charge in [0.05, 0.1) is 0 Å². The number of benzene rings is 2. The van der Waals surface area contributed by atoms with Gasteiger partial charge in [0.25, 0.3) is 0 Å². The highest BCUT2D eigenvalue weighted by Gasteiger charge is 2.18. The zero-order valence-electron chi connectivity index (χ0n) is 10.6. The second-order valence-corrected chi connectivity index (χ2v) is 6.60. The van der Waals surface area contributed by atoms with Crippen molar-refractivity contribution < 1.29 is 5.11 Å². The van der Waals surface area contributed by atoms with Gasteiger partial charge in [0.2, 0.25) is 0 Å². The fourth-order valence-electron chi connectivity index (χ4n) is 2.59. The first kappa shape index (κ1) is 12.1. The fourth-order valence-corrected chi connectivity index (χ4v) is 4.55. The smallest absolute Gasteiger partial charge is 0.107 e. The Labute approximate surface area is 124 Å². The van der Waals surface area contributed by atoms with Crippen LogP contribution in [0.4, 0.5) is 0 Å². The molecule has 0 saturated carbocycles. The van der Waals surface area contributed by atoms with Crippen molar-refractivity contribution in [3.63, 3.8) is 0 Å². The molecule has 0 atom stereocenters. The molecule has 2 aromatic carbocycles. The van der Waals surface area contributed by atoms with E-state index in [1.54, 1.807) is 22.7 Å². The van der Waals surface area contributed by atoms with Gasteiger partial charge in [0.1, 0.15) is 6.10 Å². The van der Waals surface area contributed by atoms with Crippen molar-refractivity contribution >= 4 is 42.8 Å². The van der Waals surface area contributed by atoms with E-state index < -0.39 is 6.10 Å². The number of rotatable bonds is 2. The molecule has 0 aliphatic carbocycles. The minimum Gasteiger partial charge on any atom is -0.384 e. The highest BCUT2D eigenvalue weighted by molar-refractivity contribution is 7.17. The number of aliphatic hydroxyl groups excluding tert-OH is 1. The van der Waals surface area contributed by atoms with E-state index >= 15 is 0 Å². The molecule has 0 unspecified atom stereocenters. The van der Waals surface area contributed by atoms with Gasteiger partial charge in [-0.25, -0.2) is 0 Å². The molecule has 0 radical (unpaired) electrons. The molecule has 4 aromatic rings. The molecular formula is C17H12OS2. The molecule has 1 N–H and O–H groups in total. The van der Waals surface area contributed by atoms with Crippen molar-refractivity contribution in [2.24, 2.45) is 0 Å². The Hall–Kier alpha value is -1.68. The fraction of sp³-hybridized carbons (Fsp3) is 0.0588. The maximum absolute atomic E-state index is 10.8. The molecular weight excluding hydrogens is 284 g/mol. The first-order valence-electron chi connectivity index (χ1n) is 6.45. The maximum Gasteiger partial charge on any atom is 0.107 e. The predicted octanol–water partition coefficient (Wildman–Crippen LogP) is 5.20. The number of aliphatic hydroxyl groups is 1. The van der Waals surface area contributed by atoms with Gasteiger partial charge in [0.15, 0.2) is 0 Å². The third-order valence-electron chi connectivity index (χ3n) is 3.61. The highest BCUT2D eigenvalue weighted by atomic mass is 32.1. The van der Waals surface area contributed by atoms with Crippen LogP contribution < -0.4 is 0 Å². The number of hydrogen-bond donors (Lipinski definition) is 1. The summed E-state index contributed by atoms with van der Waals surface area (Å²) in [6.45, 7) is 0. The summed E-state index contributed by atoms with van der Waals surface area (Å²) in [5.41, 5.74) is 2.02. The van der Waals surface area contributed by atoms with Gasteiger partial charge in [-0.15, -0.1) is 22.7 Å². The molecule has 2 aromatic heterocycles. The molecule has 0 aliphatic heterocycles. The summed E-state index contributed by atoms with van der Waals surface area (Å²) in [6.07, 6.45) is -0.553. The van der Waals surface area contributed by atoms with E-state index in [4.69, 9.17) is 0 Å². The van der Waals surface area contributed by atoms with E-state index in [1.165, 1.54) is 9.40 Å². The summed E-state index contributed by atoms with van der Waals surface area (Å²) in [6, 6.07) is 16.5. The average Bonchev–Trinajstić information content (AvgIpc) is 3.11. The molecule has 3 heteroatoms.